The van der Waals surface area contributed by atoms with E-state index in [0.717, 1.165) is 12.0 Å². The van der Waals surface area contributed by atoms with E-state index in [2.05, 4.69) is 0 Å². The standard InChI is InChI=1S/C14H24N2O3S/c1-3-16(11-12-19-4-2)20(17,18)14-7-5-13(6-8-14)9-10-15/h5-8H,3-4,9-12,15H2,1-2H3. The summed E-state index contributed by atoms with van der Waals surface area (Å²) < 4.78 is 31.6. The Hall–Kier alpha value is -0.950. The van der Waals surface area contributed by atoms with E-state index in [0.29, 0.717) is 37.7 Å². The van der Waals surface area contributed by atoms with Gasteiger partial charge in [0.15, 0.2) is 0 Å². The summed E-state index contributed by atoms with van der Waals surface area (Å²) in [6, 6.07) is 6.92. The first-order valence-electron chi connectivity index (χ1n) is 6.93. The second-order valence-corrected chi connectivity index (χ2v) is 6.31. The fraction of sp³-hybridized carbons (Fsp3) is 0.571. The molecule has 0 unspecified atom stereocenters. The van der Waals surface area contributed by atoms with E-state index in [1.54, 1.807) is 12.1 Å². The lowest BCUT2D eigenvalue weighted by Gasteiger charge is -2.20. The molecule has 20 heavy (non-hydrogen) atoms. The van der Waals surface area contributed by atoms with Crippen LogP contribution in [0.2, 0.25) is 0 Å². The molecule has 0 aliphatic carbocycles. The molecule has 6 heteroatoms. The molecule has 1 aromatic carbocycles. The van der Waals surface area contributed by atoms with Crippen molar-refractivity contribution >= 4 is 10.0 Å². The monoisotopic (exact) mass is 300 g/mol. The zero-order chi connectivity index (χ0) is 15.0. The zero-order valence-electron chi connectivity index (χ0n) is 12.2. The fourth-order valence-electron chi connectivity index (χ4n) is 1.90. The van der Waals surface area contributed by atoms with E-state index in [4.69, 9.17) is 10.5 Å². The molecule has 5 nitrogen and oxygen atoms in total. The Morgan fingerprint density at radius 3 is 2.35 bits per heavy atom. The Kier molecular flexibility index (Phi) is 7.15. The van der Waals surface area contributed by atoms with E-state index in [-0.39, 0.29) is 0 Å². The summed E-state index contributed by atoms with van der Waals surface area (Å²) in [5, 5.41) is 0. The largest absolute Gasteiger partial charge is 0.380 e. The molecule has 0 bridgehead atoms. The SMILES string of the molecule is CCOCCN(CC)S(=O)(=O)c1ccc(CCN)cc1. The average molecular weight is 300 g/mol. The van der Waals surface area contributed by atoms with Gasteiger partial charge in [-0.3, -0.25) is 0 Å². The highest BCUT2D eigenvalue weighted by molar-refractivity contribution is 7.89. The maximum Gasteiger partial charge on any atom is 0.243 e. The van der Waals surface area contributed by atoms with Crippen molar-refractivity contribution in [3.05, 3.63) is 29.8 Å². The van der Waals surface area contributed by atoms with Crippen molar-refractivity contribution in [3.8, 4) is 0 Å². The van der Waals surface area contributed by atoms with Gasteiger partial charge in [0.1, 0.15) is 0 Å². The van der Waals surface area contributed by atoms with Crippen LogP contribution in [-0.4, -0.2) is 45.6 Å². The number of nitrogens with zero attached hydrogens (tertiary/aromatic N) is 1. The number of rotatable bonds is 9. The van der Waals surface area contributed by atoms with Crippen LogP contribution in [0.15, 0.2) is 29.2 Å². The summed E-state index contributed by atoms with van der Waals surface area (Å²) in [6.07, 6.45) is 0.752. The third-order valence-electron chi connectivity index (χ3n) is 3.04. The van der Waals surface area contributed by atoms with Gasteiger partial charge in [-0.1, -0.05) is 19.1 Å². The van der Waals surface area contributed by atoms with Crippen LogP contribution < -0.4 is 5.73 Å². The van der Waals surface area contributed by atoms with Crippen LogP contribution in [0.25, 0.3) is 0 Å². The molecular formula is C14H24N2O3S. The normalized spacial score (nSPS) is 12.0. The van der Waals surface area contributed by atoms with Gasteiger partial charge in [-0.15, -0.1) is 0 Å². The average Bonchev–Trinajstić information content (AvgIpc) is 2.44. The molecule has 0 aliphatic rings. The lowest BCUT2D eigenvalue weighted by atomic mass is 10.2. The Labute approximate surface area is 121 Å². The third kappa shape index (κ3) is 4.56. The lowest BCUT2D eigenvalue weighted by molar-refractivity contribution is 0.135. The van der Waals surface area contributed by atoms with E-state index >= 15 is 0 Å². The Balaban J connectivity index is 2.84. The molecule has 0 amide bonds. The molecule has 0 fully saturated rings. The van der Waals surface area contributed by atoms with Crippen LogP contribution in [-0.2, 0) is 21.2 Å². The molecule has 1 rings (SSSR count). The molecule has 114 valence electrons. The maximum absolute atomic E-state index is 12.5. The van der Waals surface area contributed by atoms with E-state index in [1.165, 1.54) is 4.31 Å². The number of benzene rings is 1. The van der Waals surface area contributed by atoms with Crippen LogP contribution in [0, 0.1) is 0 Å². The number of hydrogen-bond acceptors (Lipinski definition) is 4. The van der Waals surface area contributed by atoms with E-state index < -0.39 is 10.0 Å². The molecule has 0 spiro atoms. The number of hydrogen-bond donors (Lipinski definition) is 1. The van der Waals surface area contributed by atoms with Crippen LogP contribution in [0.1, 0.15) is 19.4 Å². The van der Waals surface area contributed by atoms with Crippen molar-refractivity contribution in [3.63, 3.8) is 0 Å². The van der Waals surface area contributed by atoms with Gasteiger partial charge in [-0.25, -0.2) is 8.42 Å². The van der Waals surface area contributed by atoms with Gasteiger partial charge in [0.2, 0.25) is 10.0 Å². The minimum Gasteiger partial charge on any atom is -0.380 e. The number of ether oxygens (including phenoxy) is 1. The van der Waals surface area contributed by atoms with E-state index in [9.17, 15) is 8.42 Å². The molecule has 0 radical (unpaired) electrons. The summed E-state index contributed by atoms with van der Waals surface area (Å²) in [4.78, 5) is 0.316. The zero-order valence-corrected chi connectivity index (χ0v) is 13.0. The first-order valence-corrected chi connectivity index (χ1v) is 8.37. The quantitative estimate of drug-likeness (QED) is 0.696. The predicted octanol–water partition coefficient (Wildman–Crippen LogP) is 1.23. The van der Waals surface area contributed by atoms with E-state index in [1.807, 2.05) is 26.0 Å². The highest BCUT2D eigenvalue weighted by Crippen LogP contribution is 2.16. The van der Waals surface area contributed by atoms with Gasteiger partial charge in [-0.05, 0) is 37.6 Å². The Morgan fingerprint density at radius 2 is 1.85 bits per heavy atom. The molecule has 0 saturated heterocycles. The second kappa shape index (κ2) is 8.36. The molecule has 0 atom stereocenters. The molecular weight excluding hydrogens is 276 g/mol. The second-order valence-electron chi connectivity index (χ2n) is 4.38. The van der Waals surface area contributed by atoms with Crippen LogP contribution in [0.5, 0.6) is 0 Å². The van der Waals surface area contributed by atoms with Crippen molar-refractivity contribution in [1.82, 2.24) is 4.31 Å². The third-order valence-corrected chi connectivity index (χ3v) is 5.02. The lowest BCUT2D eigenvalue weighted by Crippen LogP contribution is -2.33. The minimum absolute atomic E-state index is 0.316. The van der Waals surface area contributed by atoms with Gasteiger partial charge < -0.3 is 10.5 Å². The highest BCUT2D eigenvalue weighted by atomic mass is 32.2. The summed E-state index contributed by atoms with van der Waals surface area (Å²) in [7, 11) is -3.44. The molecule has 0 aliphatic heterocycles. The summed E-state index contributed by atoms with van der Waals surface area (Å²) in [5.74, 6) is 0. The van der Waals surface area contributed by atoms with Gasteiger partial charge in [0.05, 0.1) is 11.5 Å². The minimum atomic E-state index is -3.44. The fourth-order valence-corrected chi connectivity index (χ4v) is 3.34. The van der Waals surface area contributed by atoms with Crippen molar-refractivity contribution in [2.75, 3.05) is 32.8 Å². The summed E-state index contributed by atoms with van der Waals surface area (Å²) in [6.45, 7) is 6.08. The number of sulfonamides is 1. The van der Waals surface area contributed by atoms with Crippen molar-refractivity contribution in [2.24, 2.45) is 5.73 Å². The number of likely N-dealkylation sites (N-methyl/N-ethyl adjacent to an activating group) is 1. The highest BCUT2D eigenvalue weighted by Gasteiger charge is 2.22. The van der Waals surface area contributed by atoms with Gasteiger partial charge >= 0.3 is 0 Å². The maximum atomic E-state index is 12.5. The Bertz CT molecular complexity index is 486. The topological polar surface area (TPSA) is 72.6 Å². The van der Waals surface area contributed by atoms with Crippen molar-refractivity contribution < 1.29 is 13.2 Å². The summed E-state index contributed by atoms with van der Waals surface area (Å²) in [5.41, 5.74) is 6.53. The predicted molar refractivity (Wildman–Crippen MR) is 80.1 cm³/mol. The molecule has 0 aromatic heterocycles. The Morgan fingerprint density at radius 1 is 1.20 bits per heavy atom. The van der Waals surface area contributed by atoms with Crippen LogP contribution >= 0.6 is 0 Å². The van der Waals surface area contributed by atoms with Gasteiger partial charge in [0.25, 0.3) is 0 Å². The van der Waals surface area contributed by atoms with Crippen LogP contribution in [0.3, 0.4) is 0 Å². The van der Waals surface area contributed by atoms with Gasteiger partial charge in [-0.2, -0.15) is 4.31 Å². The molecule has 1 aromatic rings. The molecule has 0 saturated carbocycles. The van der Waals surface area contributed by atoms with Gasteiger partial charge in [0, 0.05) is 19.7 Å². The molecule has 0 heterocycles. The first kappa shape index (κ1) is 17.1. The smallest absolute Gasteiger partial charge is 0.243 e. The first-order chi connectivity index (χ1) is 9.56. The molecule has 2 N–H and O–H groups in total. The van der Waals surface area contributed by atoms with Crippen LogP contribution in [0.4, 0.5) is 0 Å². The van der Waals surface area contributed by atoms with Crippen molar-refractivity contribution in [2.45, 2.75) is 25.2 Å². The number of nitrogens with two attached hydrogens (primary N) is 1. The summed E-state index contributed by atoms with van der Waals surface area (Å²) >= 11 is 0. The van der Waals surface area contributed by atoms with Crippen molar-refractivity contribution in [1.29, 1.82) is 0 Å².